The molecule has 0 aliphatic carbocycles. The number of carbonyl (C=O) groups excluding carboxylic acids is 1. The quantitative estimate of drug-likeness (QED) is 0.585. The second-order valence-electron chi connectivity index (χ2n) is 4.84. The first kappa shape index (κ1) is 16.2. The summed E-state index contributed by atoms with van der Waals surface area (Å²) in [5.74, 6) is 0.571. The number of nitrogens with one attached hydrogen (secondary N) is 1. The molecule has 1 rings (SSSR count). The van der Waals surface area contributed by atoms with Gasteiger partial charge in [-0.05, 0) is 37.5 Å². The Morgan fingerprint density at radius 1 is 1.35 bits per heavy atom. The molecule has 1 aromatic carbocycles. The van der Waals surface area contributed by atoms with Crippen LogP contribution in [0.4, 0.5) is 0 Å². The van der Waals surface area contributed by atoms with Crippen molar-refractivity contribution in [2.75, 3.05) is 20.8 Å². The SMILES string of the molecule is C=CCNC(C)(CCc1ccc(OC)cc1)C(=O)OC. The monoisotopic (exact) mass is 277 g/mol. The van der Waals surface area contributed by atoms with Crippen molar-refractivity contribution < 1.29 is 14.3 Å². The van der Waals surface area contributed by atoms with Crippen molar-refractivity contribution in [3.05, 3.63) is 42.5 Å². The number of rotatable bonds is 8. The highest BCUT2D eigenvalue weighted by Gasteiger charge is 2.32. The molecule has 1 aromatic rings. The van der Waals surface area contributed by atoms with E-state index in [2.05, 4.69) is 11.9 Å². The van der Waals surface area contributed by atoms with Crippen molar-refractivity contribution in [3.63, 3.8) is 0 Å². The van der Waals surface area contributed by atoms with E-state index >= 15 is 0 Å². The van der Waals surface area contributed by atoms with Gasteiger partial charge in [-0.3, -0.25) is 10.1 Å². The van der Waals surface area contributed by atoms with Gasteiger partial charge in [0.25, 0.3) is 0 Å². The lowest BCUT2D eigenvalue weighted by atomic mass is 9.93. The molecule has 0 spiro atoms. The summed E-state index contributed by atoms with van der Waals surface area (Å²) in [6.07, 6.45) is 3.16. The summed E-state index contributed by atoms with van der Waals surface area (Å²) in [6, 6.07) is 7.85. The molecule has 0 heterocycles. The molecule has 0 aliphatic heterocycles. The fraction of sp³-hybridized carbons (Fsp3) is 0.438. The van der Waals surface area contributed by atoms with E-state index in [9.17, 15) is 4.79 Å². The molecule has 1 unspecified atom stereocenters. The van der Waals surface area contributed by atoms with Crippen LogP contribution in [0.3, 0.4) is 0 Å². The molecule has 20 heavy (non-hydrogen) atoms. The molecule has 0 aromatic heterocycles. The number of aryl methyl sites for hydroxylation is 1. The number of carbonyl (C=O) groups is 1. The molecule has 4 nitrogen and oxygen atoms in total. The van der Waals surface area contributed by atoms with Crippen molar-refractivity contribution in [1.29, 1.82) is 0 Å². The molecule has 1 atom stereocenters. The van der Waals surface area contributed by atoms with Crippen molar-refractivity contribution in [2.45, 2.75) is 25.3 Å². The minimum Gasteiger partial charge on any atom is -0.497 e. The van der Waals surface area contributed by atoms with Gasteiger partial charge in [-0.1, -0.05) is 18.2 Å². The van der Waals surface area contributed by atoms with Crippen molar-refractivity contribution in [3.8, 4) is 5.75 Å². The van der Waals surface area contributed by atoms with Crippen molar-refractivity contribution in [1.82, 2.24) is 5.32 Å². The predicted molar refractivity (Wildman–Crippen MR) is 79.9 cm³/mol. The van der Waals surface area contributed by atoms with Gasteiger partial charge in [0.05, 0.1) is 14.2 Å². The van der Waals surface area contributed by atoms with Crippen LogP contribution in [0.15, 0.2) is 36.9 Å². The van der Waals surface area contributed by atoms with E-state index in [-0.39, 0.29) is 5.97 Å². The zero-order valence-corrected chi connectivity index (χ0v) is 12.4. The van der Waals surface area contributed by atoms with E-state index in [1.165, 1.54) is 7.11 Å². The standard InChI is InChI=1S/C16H23NO3/c1-5-12-17-16(2,15(18)20-4)11-10-13-6-8-14(19-3)9-7-13/h5-9,17H,1,10-12H2,2-4H3. The Labute approximate surface area is 120 Å². The Morgan fingerprint density at radius 2 is 2.00 bits per heavy atom. The van der Waals surface area contributed by atoms with E-state index in [4.69, 9.17) is 9.47 Å². The predicted octanol–water partition coefficient (Wildman–Crippen LogP) is 2.34. The highest BCUT2D eigenvalue weighted by Crippen LogP contribution is 2.18. The van der Waals surface area contributed by atoms with Gasteiger partial charge in [-0.25, -0.2) is 0 Å². The maximum atomic E-state index is 11.9. The number of esters is 1. The van der Waals surface area contributed by atoms with E-state index in [0.717, 1.165) is 17.7 Å². The molecule has 0 saturated carbocycles. The maximum absolute atomic E-state index is 11.9. The first-order chi connectivity index (χ1) is 9.55. The summed E-state index contributed by atoms with van der Waals surface area (Å²) >= 11 is 0. The van der Waals surface area contributed by atoms with Crippen LogP contribution in [0.1, 0.15) is 18.9 Å². The molecule has 0 saturated heterocycles. The Kier molecular flexibility index (Phi) is 6.25. The number of hydrogen-bond acceptors (Lipinski definition) is 4. The summed E-state index contributed by atoms with van der Waals surface area (Å²) in [4.78, 5) is 11.9. The molecule has 0 amide bonds. The lowest BCUT2D eigenvalue weighted by Crippen LogP contribution is -2.50. The van der Waals surface area contributed by atoms with Gasteiger partial charge < -0.3 is 9.47 Å². The topological polar surface area (TPSA) is 47.6 Å². The zero-order chi connectivity index (χ0) is 15.0. The molecule has 0 aliphatic rings. The van der Waals surface area contributed by atoms with E-state index < -0.39 is 5.54 Å². The Bertz CT molecular complexity index is 442. The summed E-state index contributed by atoms with van der Waals surface area (Å²) in [6.45, 7) is 6.07. The molecule has 0 bridgehead atoms. The smallest absolute Gasteiger partial charge is 0.325 e. The average Bonchev–Trinajstić information content (AvgIpc) is 2.50. The molecule has 0 fully saturated rings. The zero-order valence-electron chi connectivity index (χ0n) is 12.4. The van der Waals surface area contributed by atoms with Gasteiger partial charge in [0.15, 0.2) is 0 Å². The minimum absolute atomic E-state index is 0.257. The van der Waals surface area contributed by atoms with Gasteiger partial charge in [0.2, 0.25) is 0 Å². The van der Waals surface area contributed by atoms with Crippen molar-refractivity contribution in [2.24, 2.45) is 0 Å². The Morgan fingerprint density at radius 3 is 2.50 bits per heavy atom. The highest BCUT2D eigenvalue weighted by molar-refractivity contribution is 5.80. The highest BCUT2D eigenvalue weighted by atomic mass is 16.5. The number of ether oxygens (including phenoxy) is 2. The van der Waals surface area contributed by atoms with Gasteiger partial charge >= 0.3 is 5.97 Å². The van der Waals surface area contributed by atoms with Crippen LogP contribution in [0.5, 0.6) is 5.75 Å². The van der Waals surface area contributed by atoms with Crippen LogP contribution >= 0.6 is 0 Å². The number of hydrogen-bond donors (Lipinski definition) is 1. The fourth-order valence-electron chi connectivity index (χ4n) is 1.97. The van der Waals surface area contributed by atoms with E-state index in [1.54, 1.807) is 13.2 Å². The second-order valence-corrected chi connectivity index (χ2v) is 4.84. The first-order valence-electron chi connectivity index (χ1n) is 6.63. The van der Waals surface area contributed by atoms with Crippen LogP contribution in [-0.2, 0) is 16.0 Å². The Balaban J connectivity index is 2.69. The van der Waals surface area contributed by atoms with Crippen LogP contribution in [-0.4, -0.2) is 32.3 Å². The van der Waals surface area contributed by atoms with Crippen LogP contribution in [0, 0.1) is 0 Å². The molecule has 1 N–H and O–H groups in total. The fourth-order valence-corrected chi connectivity index (χ4v) is 1.97. The summed E-state index contributed by atoms with van der Waals surface area (Å²) in [5, 5.41) is 3.17. The summed E-state index contributed by atoms with van der Waals surface area (Å²) in [7, 11) is 3.05. The van der Waals surface area contributed by atoms with E-state index in [1.807, 2.05) is 31.2 Å². The second kappa shape index (κ2) is 7.70. The molecule has 4 heteroatoms. The third-order valence-corrected chi connectivity index (χ3v) is 3.35. The summed E-state index contributed by atoms with van der Waals surface area (Å²) < 4.78 is 10.0. The van der Waals surface area contributed by atoms with Crippen LogP contribution < -0.4 is 10.1 Å². The minimum atomic E-state index is -0.705. The number of methoxy groups -OCH3 is 2. The molecule has 110 valence electrons. The van der Waals surface area contributed by atoms with Crippen LogP contribution in [0.2, 0.25) is 0 Å². The summed E-state index contributed by atoms with van der Waals surface area (Å²) in [5.41, 5.74) is 0.449. The lowest BCUT2D eigenvalue weighted by Gasteiger charge is -2.27. The van der Waals surface area contributed by atoms with Gasteiger partial charge in [0.1, 0.15) is 11.3 Å². The van der Waals surface area contributed by atoms with Gasteiger partial charge in [-0.15, -0.1) is 6.58 Å². The van der Waals surface area contributed by atoms with E-state index in [0.29, 0.717) is 13.0 Å². The maximum Gasteiger partial charge on any atom is 0.325 e. The molecule has 0 radical (unpaired) electrons. The first-order valence-corrected chi connectivity index (χ1v) is 6.63. The Hall–Kier alpha value is -1.81. The normalized spacial score (nSPS) is 13.3. The third kappa shape index (κ3) is 4.38. The van der Waals surface area contributed by atoms with Gasteiger partial charge in [0, 0.05) is 6.54 Å². The third-order valence-electron chi connectivity index (χ3n) is 3.35. The van der Waals surface area contributed by atoms with Crippen molar-refractivity contribution >= 4 is 5.97 Å². The van der Waals surface area contributed by atoms with Crippen LogP contribution in [0.25, 0.3) is 0 Å². The largest absolute Gasteiger partial charge is 0.497 e. The molecular weight excluding hydrogens is 254 g/mol. The average molecular weight is 277 g/mol. The van der Waals surface area contributed by atoms with Gasteiger partial charge in [-0.2, -0.15) is 0 Å². The number of benzene rings is 1. The lowest BCUT2D eigenvalue weighted by molar-refractivity contribution is -0.148. The molecular formula is C16H23NO3.